The van der Waals surface area contributed by atoms with Crippen LogP contribution in [0.2, 0.25) is 0 Å². The Morgan fingerprint density at radius 3 is 2.61 bits per heavy atom. The second kappa shape index (κ2) is 10.7. The summed E-state index contributed by atoms with van der Waals surface area (Å²) < 4.78 is 5.10. The normalized spacial score (nSPS) is 16.8. The molecule has 2 saturated heterocycles. The molecule has 2 aromatic rings. The van der Waals surface area contributed by atoms with Gasteiger partial charge in [-0.15, -0.1) is 0 Å². The first-order chi connectivity index (χ1) is 16.0. The molecule has 0 aliphatic carbocycles. The van der Waals surface area contributed by atoms with Crippen molar-refractivity contribution in [3.63, 3.8) is 0 Å². The third kappa shape index (κ3) is 6.06. The summed E-state index contributed by atoms with van der Waals surface area (Å²) >= 11 is 0. The number of anilines is 2. The lowest BCUT2D eigenvalue weighted by Gasteiger charge is -2.36. The number of aryl methyl sites for hydroxylation is 1. The molecule has 0 bridgehead atoms. The van der Waals surface area contributed by atoms with E-state index in [2.05, 4.69) is 30.4 Å². The summed E-state index contributed by atoms with van der Waals surface area (Å²) in [7, 11) is 0. The number of pyridine rings is 2. The zero-order valence-electron chi connectivity index (χ0n) is 19.3. The van der Waals surface area contributed by atoms with Crippen LogP contribution >= 0.6 is 0 Å². The highest BCUT2D eigenvalue weighted by Gasteiger charge is 2.23. The zero-order chi connectivity index (χ0) is 23.2. The van der Waals surface area contributed by atoms with Crippen molar-refractivity contribution in [1.82, 2.24) is 20.2 Å². The van der Waals surface area contributed by atoms with Gasteiger partial charge in [0, 0.05) is 45.3 Å². The smallest absolute Gasteiger partial charge is 0.270 e. The van der Waals surface area contributed by atoms with E-state index < -0.39 is 0 Å². The van der Waals surface area contributed by atoms with E-state index in [9.17, 15) is 9.59 Å². The molecule has 9 heteroatoms. The summed E-state index contributed by atoms with van der Waals surface area (Å²) in [6.07, 6.45) is 3.07. The van der Waals surface area contributed by atoms with Gasteiger partial charge in [0.25, 0.3) is 5.91 Å². The summed E-state index contributed by atoms with van der Waals surface area (Å²) in [4.78, 5) is 37.7. The summed E-state index contributed by atoms with van der Waals surface area (Å²) in [5, 5.41) is 5.80. The number of ether oxygens (including phenoxy) is 1. The molecule has 4 rings (SSSR count). The van der Waals surface area contributed by atoms with Gasteiger partial charge in [0.05, 0.1) is 30.6 Å². The Labute approximate surface area is 194 Å². The number of amides is 2. The Hall–Kier alpha value is -3.04. The Balaban J connectivity index is 1.30. The highest BCUT2D eigenvalue weighted by molar-refractivity contribution is 5.93. The van der Waals surface area contributed by atoms with Crippen LogP contribution in [0.5, 0.6) is 0 Å². The molecule has 0 atom stereocenters. The molecule has 33 heavy (non-hydrogen) atoms. The van der Waals surface area contributed by atoms with Crippen LogP contribution in [-0.4, -0.2) is 72.1 Å². The minimum Gasteiger partial charge on any atom is -0.377 e. The average molecular weight is 453 g/mol. The van der Waals surface area contributed by atoms with Crippen molar-refractivity contribution in [1.29, 1.82) is 0 Å². The molecule has 0 aromatic carbocycles. The van der Waals surface area contributed by atoms with E-state index in [-0.39, 0.29) is 17.9 Å². The third-order valence-electron chi connectivity index (χ3n) is 5.95. The van der Waals surface area contributed by atoms with Crippen LogP contribution in [0.25, 0.3) is 0 Å². The Morgan fingerprint density at radius 1 is 1.15 bits per heavy atom. The Morgan fingerprint density at radius 2 is 1.94 bits per heavy atom. The fourth-order valence-corrected chi connectivity index (χ4v) is 4.07. The number of rotatable bonds is 8. The lowest BCUT2D eigenvalue weighted by Crippen LogP contribution is -2.48. The van der Waals surface area contributed by atoms with Crippen LogP contribution in [0.4, 0.5) is 11.5 Å². The van der Waals surface area contributed by atoms with Gasteiger partial charge < -0.3 is 20.3 Å². The Bertz CT molecular complexity index is 986. The van der Waals surface area contributed by atoms with Crippen molar-refractivity contribution in [3.8, 4) is 0 Å². The molecule has 2 aromatic heterocycles. The summed E-state index contributed by atoms with van der Waals surface area (Å²) in [6, 6.07) is 7.84. The number of nitrogens with one attached hydrogen (secondary N) is 2. The van der Waals surface area contributed by atoms with Gasteiger partial charge in [0.2, 0.25) is 5.91 Å². The van der Waals surface area contributed by atoms with Crippen LogP contribution < -0.4 is 15.5 Å². The molecular formula is C24H32N6O3. The lowest BCUT2D eigenvalue weighted by molar-refractivity contribution is -0.116. The molecule has 2 fully saturated rings. The average Bonchev–Trinajstić information content (AvgIpc) is 2.77. The van der Waals surface area contributed by atoms with E-state index >= 15 is 0 Å². The highest BCUT2D eigenvalue weighted by atomic mass is 16.5. The van der Waals surface area contributed by atoms with Crippen LogP contribution in [0.3, 0.4) is 0 Å². The summed E-state index contributed by atoms with van der Waals surface area (Å²) in [6.45, 7) is 9.51. The first-order valence-electron chi connectivity index (χ1n) is 11.6. The predicted octanol–water partition coefficient (Wildman–Crippen LogP) is 1.97. The largest absolute Gasteiger partial charge is 0.377 e. The van der Waals surface area contributed by atoms with E-state index in [1.54, 1.807) is 12.3 Å². The number of nitrogens with zero attached hydrogens (tertiary/aromatic N) is 4. The molecule has 0 saturated carbocycles. The van der Waals surface area contributed by atoms with Gasteiger partial charge in [0.15, 0.2) is 0 Å². The second-order valence-corrected chi connectivity index (χ2v) is 8.62. The number of aromatic nitrogens is 2. The molecule has 2 N–H and O–H groups in total. The molecule has 0 radical (unpaired) electrons. The fraction of sp³-hybridized carbons (Fsp3) is 0.500. The van der Waals surface area contributed by atoms with Gasteiger partial charge in [-0.3, -0.25) is 14.5 Å². The van der Waals surface area contributed by atoms with Gasteiger partial charge in [-0.2, -0.15) is 0 Å². The van der Waals surface area contributed by atoms with E-state index in [1.807, 2.05) is 32.0 Å². The number of carbonyl (C=O) groups is 2. The topological polar surface area (TPSA) is 99.7 Å². The maximum Gasteiger partial charge on any atom is 0.270 e. The molecule has 4 heterocycles. The first kappa shape index (κ1) is 23.1. The van der Waals surface area contributed by atoms with Crippen LogP contribution in [0.1, 0.15) is 41.5 Å². The monoisotopic (exact) mass is 452 g/mol. The molecule has 176 valence electrons. The van der Waals surface area contributed by atoms with Crippen molar-refractivity contribution < 1.29 is 14.3 Å². The molecule has 9 nitrogen and oxygen atoms in total. The summed E-state index contributed by atoms with van der Waals surface area (Å²) in [5.41, 5.74) is 3.52. The summed E-state index contributed by atoms with van der Waals surface area (Å²) in [5.74, 6) is 0.464. The zero-order valence-corrected chi connectivity index (χ0v) is 19.3. The number of carbonyl (C=O) groups excluding carboxylic acids is 2. The van der Waals surface area contributed by atoms with Gasteiger partial charge in [-0.05, 0) is 43.2 Å². The SMILES string of the molecule is CCCC(=O)Nc1cc(CN2CCN(c3ccc(C(=O)NC4COC4)nc3C)CC2)ccn1. The molecule has 0 spiro atoms. The van der Waals surface area contributed by atoms with Crippen molar-refractivity contribution >= 4 is 23.3 Å². The van der Waals surface area contributed by atoms with E-state index in [1.165, 1.54) is 0 Å². The standard InChI is InChI=1S/C24H32N6O3/c1-3-4-23(31)28-22-13-18(7-8-25-22)14-29-9-11-30(12-10-29)21-6-5-20(26-17(21)2)24(32)27-19-15-33-16-19/h5-8,13,19H,3-4,9-12,14-16H2,1-2H3,(H,27,32)(H,25,28,31). The van der Waals surface area contributed by atoms with E-state index in [0.29, 0.717) is 31.1 Å². The second-order valence-electron chi connectivity index (χ2n) is 8.62. The van der Waals surface area contributed by atoms with Crippen LogP contribution in [-0.2, 0) is 16.1 Å². The van der Waals surface area contributed by atoms with Crippen molar-refractivity contribution in [2.24, 2.45) is 0 Å². The molecule has 0 unspecified atom stereocenters. The molecule has 2 aliphatic rings. The van der Waals surface area contributed by atoms with E-state index in [4.69, 9.17) is 4.74 Å². The van der Waals surface area contributed by atoms with Gasteiger partial charge in [0.1, 0.15) is 11.5 Å². The molecule has 2 aliphatic heterocycles. The number of hydrogen-bond donors (Lipinski definition) is 2. The van der Waals surface area contributed by atoms with E-state index in [0.717, 1.165) is 56.1 Å². The van der Waals surface area contributed by atoms with Crippen molar-refractivity contribution in [3.05, 3.63) is 47.4 Å². The predicted molar refractivity (Wildman–Crippen MR) is 126 cm³/mol. The molecular weight excluding hydrogens is 420 g/mol. The maximum atomic E-state index is 12.3. The first-order valence-corrected chi connectivity index (χ1v) is 11.6. The van der Waals surface area contributed by atoms with Crippen LogP contribution in [0.15, 0.2) is 30.5 Å². The van der Waals surface area contributed by atoms with Crippen LogP contribution in [0, 0.1) is 6.92 Å². The van der Waals surface area contributed by atoms with Crippen molar-refractivity contribution in [2.75, 3.05) is 49.6 Å². The van der Waals surface area contributed by atoms with Gasteiger partial charge in [-0.25, -0.2) is 9.97 Å². The molecule has 2 amide bonds. The maximum absolute atomic E-state index is 12.3. The van der Waals surface area contributed by atoms with Gasteiger partial charge >= 0.3 is 0 Å². The minimum atomic E-state index is -0.148. The lowest BCUT2D eigenvalue weighted by atomic mass is 10.2. The quantitative estimate of drug-likeness (QED) is 0.632. The highest BCUT2D eigenvalue weighted by Crippen LogP contribution is 2.21. The number of piperazine rings is 1. The number of hydrogen-bond acceptors (Lipinski definition) is 7. The minimum absolute atomic E-state index is 0.000276. The third-order valence-corrected chi connectivity index (χ3v) is 5.95. The van der Waals surface area contributed by atoms with Gasteiger partial charge in [-0.1, -0.05) is 6.92 Å². The fourth-order valence-electron chi connectivity index (χ4n) is 4.07. The van der Waals surface area contributed by atoms with Crippen molar-refractivity contribution in [2.45, 2.75) is 39.3 Å². The Kier molecular flexibility index (Phi) is 7.51.